The molecular weight excluding hydrogens is 436 g/mol. The summed E-state index contributed by atoms with van der Waals surface area (Å²) in [6.45, 7) is 0. The fourth-order valence-electron chi connectivity index (χ4n) is 4.19. The number of ether oxygens (including phenoxy) is 1. The zero-order chi connectivity index (χ0) is 23.0. The molecule has 0 aliphatic heterocycles. The van der Waals surface area contributed by atoms with Crippen LogP contribution in [-0.4, -0.2) is 31.7 Å². The van der Waals surface area contributed by atoms with Gasteiger partial charge in [0.15, 0.2) is 5.60 Å². The monoisotopic (exact) mass is 456 g/mol. The molecule has 0 bridgehead atoms. The van der Waals surface area contributed by atoms with Crippen molar-refractivity contribution in [3.8, 4) is 17.0 Å². The van der Waals surface area contributed by atoms with Crippen LogP contribution in [0.15, 0.2) is 85.6 Å². The molecule has 1 N–H and O–H groups in total. The van der Waals surface area contributed by atoms with Gasteiger partial charge in [-0.05, 0) is 41.0 Å². The highest BCUT2D eigenvalue weighted by Crippen LogP contribution is 2.42. The van der Waals surface area contributed by atoms with E-state index in [0.29, 0.717) is 44.2 Å². The Bertz CT molecular complexity index is 1440. The molecule has 1 atom stereocenters. The third-order valence-corrected chi connectivity index (χ3v) is 6.24. The van der Waals surface area contributed by atoms with Gasteiger partial charge in [-0.1, -0.05) is 48.0 Å². The Morgan fingerprint density at radius 3 is 2.39 bits per heavy atom. The standard InChI is InChI=1S/C26H21ClN4O2/c1-31-16-29-15-22(31)26(32,18-10-12-28-13-11-18)19-8-9-21-20(14-19)24(27)23(25(30-21)33-2)17-6-4-3-5-7-17/h3-16,32H,1-2H3. The second-order valence-corrected chi connectivity index (χ2v) is 8.12. The summed E-state index contributed by atoms with van der Waals surface area (Å²) < 4.78 is 7.37. The number of halogens is 1. The molecule has 0 spiro atoms. The molecule has 1 unspecified atom stereocenters. The second-order valence-electron chi connectivity index (χ2n) is 7.74. The van der Waals surface area contributed by atoms with Crippen molar-refractivity contribution in [1.29, 1.82) is 0 Å². The average molecular weight is 457 g/mol. The topological polar surface area (TPSA) is 73.1 Å². The Labute approximate surface area is 196 Å². The molecule has 5 aromatic rings. The van der Waals surface area contributed by atoms with Gasteiger partial charge in [-0.2, -0.15) is 0 Å². The van der Waals surface area contributed by atoms with Crippen molar-refractivity contribution in [2.45, 2.75) is 5.60 Å². The second kappa shape index (κ2) is 8.31. The van der Waals surface area contributed by atoms with E-state index < -0.39 is 5.60 Å². The lowest BCUT2D eigenvalue weighted by Crippen LogP contribution is -2.31. The molecule has 5 rings (SSSR count). The van der Waals surface area contributed by atoms with Gasteiger partial charge in [0.25, 0.3) is 0 Å². The van der Waals surface area contributed by atoms with Crippen LogP contribution < -0.4 is 4.74 Å². The number of methoxy groups -OCH3 is 1. The van der Waals surface area contributed by atoms with Crippen molar-refractivity contribution in [2.24, 2.45) is 7.05 Å². The number of aliphatic hydroxyl groups is 1. The van der Waals surface area contributed by atoms with Crippen LogP contribution in [-0.2, 0) is 12.6 Å². The summed E-state index contributed by atoms with van der Waals surface area (Å²) >= 11 is 6.96. The Balaban J connectivity index is 1.79. The van der Waals surface area contributed by atoms with Gasteiger partial charge >= 0.3 is 0 Å². The summed E-state index contributed by atoms with van der Waals surface area (Å²) in [6, 6.07) is 18.9. The van der Waals surface area contributed by atoms with Crippen LogP contribution in [0.25, 0.3) is 22.0 Å². The molecule has 3 aromatic heterocycles. The fraction of sp³-hybridized carbons (Fsp3) is 0.115. The molecule has 0 amide bonds. The van der Waals surface area contributed by atoms with E-state index in [1.165, 1.54) is 0 Å². The normalized spacial score (nSPS) is 13.1. The van der Waals surface area contributed by atoms with Gasteiger partial charge in [0, 0.05) is 24.8 Å². The molecule has 7 heteroatoms. The highest BCUT2D eigenvalue weighted by molar-refractivity contribution is 6.38. The van der Waals surface area contributed by atoms with Crippen LogP contribution in [0.4, 0.5) is 0 Å². The van der Waals surface area contributed by atoms with Crippen molar-refractivity contribution in [1.82, 2.24) is 19.5 Å². The van der Waals surface area contributed by atoms with Crippen molar-refractivity contribution >= 4 is 22.5 Å². The summed E-state index contributed by atoms with van der Waals surface area (Å²) in [6.07, 6.45) is 6.64. The van der Waals surface area contributed by atoms with Crippen molar-refractivity contribution in [2.75, 3.05) is 7.11 Å². The van der Waals surface area contributed by atoms with Crippen LogP contribution in [0.2, 0.25) is 5.02 Å². The molecule has 33 heavy (non-hydrogen) atoms. The smallest absolute Gasteiger partial charge is 0.223 e. The number of imidazole rings is 1. The molecule has 3 heterocycles. The molecule has 6 nitrogen and oxygen atoms in total. The summed E-state index contributed by atoms with van der Waals surface area (Å²) in [7, 11) is 3.43. The number of hydrogen-bond donors (Lipinski definition) is 1. The van der Waals surface area contributed by atoms with Gasteiger partial charge in [0.2, 0.25) is 5.88 Å². The minimum Gasteiger partial charge on any atom is -0.480 e. The van der Waals surface area contributed by atoms with E-state index in [2.05, 4.69) is 9.97 Å². The molecule has 0 aliphatic carbocycles. The Morgan fingerprint density at radius 2 is 1.73 bits per heavy atom. The SMILES string of the molecule is COc1nc2ccc(C(O)(c3ccncc3)c3cncn3C)cc2c(Cl)c1-c1ccccc1. The predicted molar refractivity (Wildman–Crippen MR) is 128 cm³/mol. The van der Waals surface area contributed by atoms with E-state index >= 15 is 0 Å². The maximum atomic E-state index is 12.2. The molecule has 0 aliphatic rings. The minimum absolute atomic E-state index is 0.447. The summed E-state index contributed by atoms with van der Waals surface area (Å²) in [4.78, 5) is 13.0. The number of hydrogen-bond acceptors (Lipinski definition) is 5. The molecule has 0 saturated carbocycles. The fourth-order valence-corrected chi connectivity index (χ4v) is 4.53. The maximum Gasteiger partial charge on any atom is 0.223 e. The van der Waals surface area contributed by atoms with E-state index in [-0.39, 0.29) is 0 Å². The Morgan fingerprint density at radius 1 is 0.970 bits per heavy atom. The number of aromatic nitrogens is 4. The van der Waals surface area contributed by atoms with Crippen molar-refractivity contribution in [3.05, 3.63) is 107 Å². The minimum atomic E-state index is -1.47. The predicted octanol–water partition coefficient (Wildman–Crippen LogP) is 4.98. The van der Waals surface area contributed by atoms with Gasteiger partial charge in [0.05, 0.1) is 41.4 Å². The van der Waals surface area contributed by atoms with Crippen molar-refractivity contribution in [3.63, 3.8) is 0 Å². The molecular formula is C26H21ClN4O2. The highest BCUT2D eigenvalue weighted by atomic mass is 35.5. The van der Waals surface area contributed by atoms with Crippen LogP contribution in [0.5, 0.6) is 5.88 Å². The van der Waals surface area contributed by atoms with Gasteiger partial charge < -0.3 is 14.4 Å². The summed E-state index contributed by atoms with van der Waals surface area (Å²) in [5.74, 6) is 0.447. The number of benzene rings is 2. The molecule has 0 radical (unpaired) electrons. The first-order chi connectivity index (χ1) is 16.0. The first-order valence-corrected chi connectivity index (χ1v) is 10.7. The van der Waals surface area contributed by atoms with Gasteiger partial charge in [-0.25, -0.2) is 9.97 Å². The lowest BCUT2D eigenvalue weighted by Gasteiger charge is -2.30. The van der Waals surface area contributed by atoms with Crippen molar-refractivity contribution < 1.29 is 9.84 Å². The van der Waals surface area contributed by atoms with E-state index in [1.807, 2.05) is 55.6 Å². The Hall–Kier alpha value is -3.74. The maximum absolute atomic E-state index is 12.2. The average Bonchev–Trinajstić information content (AvgIpc) is 3.30. The zero-order valence-electron chi connectivity index (χ0n) is 18.1. The van der Waals surface area contributed by atoms with Gasteiger partial charge in [0.1, 0.15) is 0 Å². The number of aryl methyl sites for hydroxylation is 1. The van der Waals surface area contributed by atoms with E-state index in [1.54, 1.807) is 48.7 Å². The van der Waals surface area contributed by atoms with Crippen LogP contribution in [0.1, 0.15) is 16.8 Å². The zero-order valence-corrected chi connectivity index (χ0v) is 18.9. The number of nitrogens with zero attached hydrogens (tertiary/aromatic N) is 4. The Kier molecular flexibility index (Phi) is 5.32. The first-order valence-electron chi connectivity index (χ1n) is 10.4. The number of rotatable bonds is 5. The highest BCUT2D eigenvalue weighted by Gasteiger charge is 2.37. The molecule has 0 saturated heterocycles. The quantitative estimate of drug-likeness (QED) is 0.404. The molecule has 164 valence electrons. The van der Waals surface area contributed by atoms with E-state index in [9.17, 15) is 5.11 Å². The lowest BCUT2D eigenvalue weighted by molar-refractivity contribution is 0.117. The third-order valence-electron chi connectivity index (χ3n) is 5.85. The van der Waals surface area contributed by atoms with Gasteiger partial charge in [-0.15, -0.1) is 0 Å². The lowest BCUT2D eigenvalue weighted by atomic mass is 9.83. The summed E-state index contributed by atoms with van der Waals surface area (Å²) in [5.41, 5.74) is 2.72. The molecule has 2 aromatic carbocycles. The number of fused-ring (bicyclic) bond motifs is 1. The van der Waals surface area contributed by atoms with Crippen LogP contribution >= 0.6 is 11.6 Å². The van der Waals surface area contributed by atoms with Crippen LogP contribution in [0.3, 0.4) is 0 Å². The van der Waals surface area contributed by atoms with E-state index in [4.69, 9.17) is 21.3 Å². The van der Waals surface area contributed by atoms with Crippen LogP contribution in [0, 0.1) is 0 Å². The summed E-state index contributed by atoms with van der Waals surface area (Å²) in [5, 5.41) is 13.4. The van der Waals surface area contributed by atoms with E-state index in [0.717, 1.165) is 5.56 Å². The number of pyridine rings is 2. The first kappa shape index (κ1) is 21.1. The van der Waals surface area contributed by atoms with Gasteiger partial charge in [-0.3, -0.25) is 4.98 Å². The molecule has 0 fully saturated rings. The third kappa shape index (κ3) is 3.44. The largest absolute Gasteiger partial charge is 0.480 e.